The maximum atomic E-state index is 12.5. The SMILES string of the molecule is CC(=O)C1CCN2C(C(=O)C3=CC=CCC3)=CCC12. The fraction of sp³-hybridized carbons (Fsp3) is 0.500. The van der Waals surface area contributed by atoms with Gasteiger partial charge in [-0.1, -0.05) is 24.3 Å². The van der Waals surface area contributed by atoms with Gasteiger partial charge in [-0.2, -0.15) is 0 Å². The van der Waals surface area contributed by atoms with Crippen LogP contribution >= 0.6 is 0 Å². The van der Waals surface area contributed by atoms with E-state index in [9.17, 15) is 9.59 Å². The summed E-state index contributed by atoms with van der Waals surface area (Å²) in [6, 6.07) is 0.233. The van der Waals surface area contributed by atoms with E-state index < -0.39 is 0 Å². The van der Waals surface area contributed by atoms with Crippen LogP contribution in [-0.2, 0) is 9.59 Å². The molecular weight excluding hydrogens is 238 g/mol. The first-order valence-corrected chi connectivity index (χ1v) is 7.06. The molecule has 19 heavy (non-hydrogen) atoms. The van der Waals surface area contributed by atoms with Gasteiger partial charge < -0.3 is 4.90 Å². The number of carbonyl (C=O) groups excluding carboxylic acids is 2. The van der Waals surface area contributed by atoms with Gasteiger partial charge in [-0.05, 0) is 32.6 Å². The van der Waals surface area contributed by atoms with Crippen molar-refractivity contribution in [2.45, 2.75) is 38.6 Å². The largest absolute Gasteiger partial charge is 0.365 e. The molecule has 3 aliphatic rings. The highest BCUT2D eigenvalue weighted by atomic mass is 16.1. The maximum Gasteiger partial charge on any atom is 0.204 e. The average molecular weight is 257 g/mol. The average Bonchev–Trinajstić information content (AvgIpc) is 2.99. The number of carbonyl (C=O) groups is 2. The van der Waals surface area contributed by atoms with Crippen LogP contribution in [0.4, 0.5) is 0 Å². The van der Waals surface area contributed by atoms with Crippen molar-refractivity contribution in [3.63, 3.8) is 0 Å². The van der Waals surface area contributed by atoms with Gasteiger partial charge >= 0.3 is 0 Å². The molecule has 1 aliphatic carbocycles. The van der Waals surface area contributed by atoms with E-state index in [1.807, 2.05) is 18.2 Å². The molecule has 100 valence electrons. The summed E-state index contributed by atoms with van der Waals surface area (Å²) < 4.78 is 0. The highest BCUT2D eigenvalue weighted by Gasteiger charge is 2.42. The topological polar surface area (TPSA) is 37.4 Å². The first kappa shape index (κ1) is 12.4. The molecule has 1 saturated heterocycles. The van der Waals surface area contributed by atoms with Crippen molar-refractivity contribution in [1.82, 2.24) is 4.90 Å². The molecule has 3 heteroatoms. The summed E-state index contributed by atoms with van der Waals surface area (Å²) in [6.07, 6.45) is 11.5. The van der Waals surface area contributed by atoms with E-state index in [4.69, 9.17) is 0 Å². The molecule has 0 N–H and O–H groups in total. The minimum Gasteiger partial charge on any atom is -0.365 e. The van der Waals surface area contributed by atoms with E-state index in [1.54, 1.807) is 6.92 Å². The van der Waals surface area contributed by atoms with Crippen LogP contribution in [0, 0.1) is 5.92 Å². The summed E-state index contributed by atoms with van der Waals surface area (Å²) in [4.78, 5) is 26.3. The number of rotatable bonds is 3. The number of hydrogen-bond donors (Lipinski definition) is 0. The molecule has 0 spiro atoms. The Hall–Kier alpha value is -1.64. The Kier molecular flexibility index (Phi) is 3.13. The molecular formula is C16H19NO2. The second kappa shape index (κ2) is 4.80. The summed E-state index contributed by atoms with van der Waals surface area (Å²) in [5, 5.41) is 0. The molecule has 2 unspecified atom stereocenters. The molecule has 0 saturated carbocycles. The molecule has 3 nitrogen and oxygen atoms in total. The van der Waals surface area contributed by atoms with Crippen molar-refractivity contribution in [3.05, 3.63) is 35.6 Å². The first-order valence-electron chi connectivity index (χ1n) is 7.06. The van der Waals surface area contributed by atoms with Crippen LogP contribution in [-0.4, -0.2) is 29.1 Å². The molecule has 0 aromatic carbocycles. The van der Waals surface area contributed by atoms with E-state index in [1.165, 1.54) is 0 Å². The molecule has 0 bridgehead atoms. The van der Waals surface area contributed by atoms with Gasteiger partial charge in [0.05, 0.1) is 5.70 Å². The smallest absolute Gasteiger partial charge is 0.204 e. The Labute approximate surface area is 113 Å². The van der Waals surface area contributed by atoms with Crippen LogP contribution in [0.3, 0.4) is 0 Å². The number of allylic oxidation sites excluding steroid dienone is 4. The Balaban J connectivity index is 1.77. The lowest BCUT2D eigenvalue weighted by Crippen LogP contribution is -2.32. The van der Waals surface area contributed by atoms with E-state index in [-0.39, 0.29) is 23.5 Å². The molecule has 2 aliphatic heterocycles. The third-order valence-corrected chi connectivity index (χ3v) is 4.47. The highest BCUT2D eigenvalue weighted by Crippen LogP contribution is 2.37. The predicted octanol–water partition coefficient (Wildman–Crippen LogP) is 2.40. The zero-order chi connectivity index (χ0) is 13.4. The predicted molar refractivity (Wildman–Crippen MR) is 73.4 cm³/mol. The van der Waals surface area contributed by atoms with Gasteiger partial charge in [-0.25, -0.2) is 0 Å². The molecule has 0 aromatic heterocycles. The van der Waals surface area contributed by atoms with Crippen molar-refractivity contribution in [2.24, 2.45) is 5.92 Å². The van der Waals surface area contributed by atoms with Gasteiger partial charge in [0.25, 0.3) is 0 Å². The molecule has 1 fully saturated rings. The van der Waals surface area contributed by atoms with Crippen LogP contribution in [0.1, 0.15) is 32.6 Å². The molecule has 0 amide bonds. The first-order chi connectivity index (χ1) is 9.18. The highest BCUT2D eigenvalue weighted by molar-refractivity contribution is 6.08. The van der Waals surface area contributed by atoms with Gasteiger partial charge in [0.1, 0.15) is 5.78 Å². The quantitative estimate of drug-likeness (QED) is 0.779. The van der Waals surface area contributed by atoms with Crippen molar-refractivity contribution in [1.29, 1.82) is 0 Å². The van der Waals surface area contributed by atoms with E-state index in [2.05, 4.69) is 11.0 Å². The van der Waals surface area contributed by atoms with Crippen molar-refractivity contribution in [3.8, 4) is 0 Å². The van der Waals surface area contributed by atoms with Crippen molar-refractivity contribution >= 4 is 11.6 Å². The zero-order valence-electron chi connectivity index (χ0n) is 11.3. The maximum absolute atomic E-state index is 12.5. The summed E-state index contributed by atoms with van der Waals surface area (Å²) in [5.74, 6) is 0.534. The zero-order valence-corrected chi connectivity index (χ0v) is 11.3. The van der Waals surface area contributed by atoms with E-state index in [0.29, 0.717) is 0 Å². The molecule has 2 atom stereocenters. The second-order valence-electron chi connectivity index (χ2n) is 5.58. The monoisotopic (exact) mass is 257 g/mol. The standard InChI is InChI=1S/C16H19NO2/c1-11(18)13-9-10-17-14(13)7-8-15(17)16(19)12-5-3-2-4-6-12/h2-3,5,8,13-14H,4,6-7,9-10H2,1H3. The minimum atomic E-state index is 0.113. The minimum absolute atomic E-state index is 0.113. The van der Waals surface area contributed by atoms with Crippen molar-refractivity contribution < 1.29 is 9.59 Å². The fourth-order valence-corrected chi connectivity index (χ4v) is 3.45. The van der Waals surface area contributed by atoms with Crippen LogP contribution in [0.25, 0.3) is 0 Å². The molecule has 0 radical (unpaired) electrons. The lowest BCUT2D eigenvalue weighted by atomic mass is 9.95. The van der Waals surface area contributed by atoms with Crippen LogP contribution in [0.2, 0.25) is 0 Å². The Morgan fingerprint density at radius 1 is 1.37 bits per heavy atom. The normalized spacial score (nSPS) is 29.0. The number of Topliss-reactive ketones (excluding diaryl/α,β-unsaturated/α-hetero) is 2. The molecule has 2 heterocycles. The number of hydrogen-bond acceptors (Lipinski definition) is 3. The summed E-state index contributed by atoms with van der Waals surface area (Å²) in [6.45, 7) is 2.51. The van der Waals surface area contributed by atoms with E-state index in [0.717, 1.165) is 43.5 Å². The summed E-state index contributed by atoms with van der Waals surface area (Å²) >= 11 is 0. The Bertz CT molecular complexity index is 513. The molecule has 0 aromatic rings. The van der Waals surface area contributed by atoms with Crippen molar-refractivity contribution in [2.75, 3.05) is 6.54 Å². The number of nitrogens with zero attached hydrogens (tertiary/aromatic N) is 1. The second-order valence-corrected chi connectivity index (χ2v) is 5.58. The number of fused-ring (bicyclic) bond motifs is 1. The lowest BCUT2D eigenvalue weighted by molar-refractivity contribution is -0.121. The third kappa shape index (κ3) is 2.07. The van der Waals surface area contributed by atoms with Gasteiger partial charge in [-0.3, -0.25) is 9.59 Å². The summed E-state index contributed by atoms with van der Waals surface area (Å²) in [5.41, 5.74) is 1.73. The third-order valence-electron chi connectivity index (χ3n) is 4.47. The van der Waals surface area contributed by atoms with Gasteiger partial charge in [-0.15, -0.1) is 0 Å². The lowest BCUT2D eigenvalue weighted by Gasteiger charge is -2.24. The van der Waals surface area contributed by atoms with Crippen LogP contribution in [0.15, 0.2) is 35.6 Å². The molecule has 3 rings (SSSR count). The van der Waals surface area contributed by atoms with Crippen LogP contribution < -0.4 is 0 Å². The van der Waals surface area contributed by atoms with Gasteiger partial charge in [0.2, 0.25) is 5.78 Å². The van der Waals surface area contributed by atoms with Crippen LogP contribution in [0.5, 0.6) is 0 Å². The van der Waals surface area contributed by atoms with Gasteiger partial charge in [0, 0.05) is 24.1 Å². The van der Waals surface area contributed by atoms with Gasteiger partial charge in [0.15, 0.2) is 0 Å². The fourth-order valence-electron chi connectivity index (χ4n) is 3.45. The van der Waals surface area contributed by atoms with E-state index >= 15 is 0 Å². The Morgan fingerprint density at radius 2 is 2.21 bits per heavy atom. The Morgan fingerprint density at radius 3 is 2.89 bits per heavy atom. The summed E-state index contributed by atoms with van der Waals surface area (Å²) in [7, 11) is 0. The number of ketones is 2.